The summed E-state index contributed by atoms with van der Waals surface area (Å²) in [6, 6.07) is 2.99. The number of carbonyl (C=O) groups excluding carboxylic acids is 1. The molecule has 1 fully saturated rings. The van der Waals surface area contributed by atoms with Gasteiger partial charge in [0.15, 0.2) is 0 Å². The monoisotopic (exact) mass is 262 g/mol. The van der Waals surface area contributed by atoms with Gasteiger partial charge in [-0.2, -0.15) is 0 Å². The fourth-order valence-corrected chi connectivity index (χ4v) is 2.44. The van der Waals surface area contributed by atoms with Gasteiger partial charge in [-0.05, 0) is 25.0 Å². The first-order valence-electron chi connectivity index (χ1n) is 6.67. The molecule has 0 unspecified atom stereocenters. The smallest absolute Gasteiger partial charge is 0.339 e. The fourth-order valence-electron chi connectivity index (χ4n) is 2.44. The number of rotatable bonds is 3. The first kappa shape index (κ1) is 13.5. The Morgan fingerprint density at radius 2 is 1.89 bits per heavy atom. The van der Waals surface area contributed by atoms with Crippen molar-refractivity contribution in [1.29, 1.82) is 0 Å². The molecule has 0 bridgehead atoms. The van der Waals surface area contributed by atoms with Gasteiger partial charge in [0.1, 0.15) is 11.4 Å². The molecule has 1 aromatic heterocycles. The number of pyridine rings is 1. The number of anilines is 1. The highest BCUT2D eigenvalue weighted by molar-refractivity contribution is 5.99. The summed E-state index contributed by atoms with van der Waals surface area (Å²) in [5.41, 5.74) is 0.0319. The number of carboxylic acid groups (broad SMARTS) is 1. The third kappa shape index (κ3) is 3.53. The fraction of sp³-hybridized carbons (Fsp3) is 0.500. The van der Waals surface area contributed by atoms with Crippen LogP contribution in [0.25, 0.3) is 0 Å². The van der Waals surface area contributed by atoms with E-state index in [2.05, 4.69) is 10.3 Å². The Kier molecular flexibility index (Phi) is 4.49. The molecule has 1 saturated carbocycles. The summed E-state index contributed by atoms with van der Waals surface area (Å²) in [5, 5.41) is 11.7. The zero-order valence-corrected chi connectivity index (χ0v) is 10.8. The zero-order chi connectivity index (χ0) is 13.7. The number of nitrogens with one attached hydrogen (secondary N) is 1. The van der Waals surface area contributed by atoms with Crippen LogP contribution in [-0.4, -0.2) is 22.0 Å². The zero-order valence-electron chi connectivity index (χ0n) is 10.8. The Bertz CT molecular complexity index is 466. The number of carboxylic acids is 1. The van der Waals surface area contributed by atoms with Gasteiger partial charge in [0, 0.05) is 12.1 Å². The lowest BCUT2D eigenvalue weighted by atomic mass is 9.99. The molecule has 1 heterocycles. The van der Waals surface area contributed by atoms with Crippen LogP contribution in [-0.2, 0) is 4.79 Å². The first-order valence-corrected chi connectivity index (χ1v) is 6.67. The Labute approximate surface area is 112 Å². The molecule has 1 amide bonds. The van der Waals surface area contributed by atoms with Crippen LogP contribution in [0.15, 0.2) is 18.3 Å². The molecule has 0 atom stereocenters. The molecule has 19 heavy (non-hydrogen) atoms. The van der Waals surface area contributed by atoms with Crippen LogP contribution in [0.5, 0.6) is 0 Å². The number of carbonyl (C=O) groups is 2. The number of hydrogen-bond acceptors (Lipinski definition) is 3. The highest BCUT2D eigenvalue weighted by Crippen LogP contribution is 2.24. The van der Waals surface area contributed by atoms with Gasteiger partial charge < -0.3 is 10.4 Å². The number of aromatic nitrogens is 1. The van der Waals surface area contributed by atoms with Gasteiger partial charge in [0.05, 0.1) is 0 Å². The Morgan fingerprint density at radius 3 is 2.53 bits per heavy atom. The Morgan fingerprint density at radius 1 is 1.21 bits per heavy atom. The molecule has 0 aliphatic heterocycles. The van der Waals surface area contributed by atoms with Crippen molar-refractivity contribution in [3.8, 4) is 0 Å². The predicted molar refractivity (Wildman–Crippen MR) is 71.0 cm³/mol. The lowest BCUT2D eigenvalue weighted by molar-refractivity contribution is -0.120. The van der Waals surface area contributed by atoms with Crippen LogP contribution in [0.4, 0.5) is 5.82 Å². The summed E-state index contributed by atoms with van der Waals surface area (Å²) in [5.74, 6) is -1.07. The summed E-state index contributed by atoms with van der Waals surface area (Å²) >= 11 is 0. The van der Waals surface area contributed by atoms with Crippen LogP contribution >= 0.6 is 0 Å². The van der Waals surface area contributed by atoms with Crippen molar-refractivity contribution in [3.05, 3.63) is 23.9 Å². The minimum Gasteiger partial charge on any atom is -0.478 e. The molecule has 0 radical (unpaired) electrons. The average Bonchev–Trinajstić information content (AvgIpc) is 2.68. The lowest BCUT2D eigenvalue weighted by Crippen LogP contribution is -2.24. The number of amides is 1. The highest BCUT2D eigenvalue weighted by Gasteiger charge is 2.22. The van der Waals surface area contributed by atoms with Crippen LogP contribution in [0, 0.1) is 5.92 Å². The van der Waals surface area contributed by atoms with Gasteiger partial charge in [-0.3, -0.25) is 4.79 Å². The molecule has 1 aliphatic carbocycles. The SMILES string of the molecule is O=C(O)c1cccnc1NC(=O)C1CCCCCC1. The molecular formula is C14H18N2O3. The quantitative estimate of drug-likeness (QED) is 0.821. The van der Waals surface area contributed by atoms with E-state index in [-0.39, 0.29) is 23.2 Å². The second-order valence-corrected chi connectivity index (χ2v) is 4.88. The van der Waals surface area contributed by atoms with Crippen molar-refractivity contribution in [2.24, 2.45) is 5.92 Å². The summed E-state index contributed by atoms with van der Waals surface area (Å²) < 4.78 is 0. The normalized spacial score (nSPS) is 16.6. The van der Waals surface area contributed by atoms with Crippen LogP contribution in [0.3, 0.4) is 0 Å². The molecule has 5 heteroatoms. The molecule has 1 aliphatic rings. The number of aromatic carboxylic acids is 1. The van der Waals surface area contributed by atoms with E-state index < -0.39 is 5.97 Å². The van der Waals surface area contributed by atoms with E-state index >= 15 is 0 Å². The second kappa shape index (κ2) is 6.31. The van der Waals surface area contributed by atoms with Crippen molar-refractivity contribution in [2.75, 3.05) is 5.32 Å². The van der Waals surface area contributed by atoms with Crippen molar-refractivity contribution in [1.82, 2.24) is 4.98 Å². The molecule has 0 saturated heterocycles. The molecule has 0 aromatic carbocycles. The van der Waals surface area contributed by atoms with Gasteiger partial charge in [0.25, 0.3) is 0 Å². The van der Waals surface area contributed by atoms with E-state index in [1.165, 1.54) is 25.1 Å². The number of nitrogens with zero attached hydrogens (tertiary/aromatic N) is 1. The first-order chi connectivity index (χ1) is 9.18. The minimum atomic E-state index is -1.08. The van der Waals surface area contributed by atoms with Gasteiger partial charge in [-0.25, -0.2) is 9.78 Å². The van der Waals surface area contributed by atoms with Crippen LogP contribution in [0.1, 0.15) is 48.9 Å². The third-order valence-corrected chi connectivity index (χ3v) is 3.51. The standard InChI is InChI=1S/C14H18N2O3/c17-13(10-6-3-1-2-4-7-10)16-12-11(14(18)19)8-5-9-15-12/h5,8-10H,1-4,6-7H2,(H,18,19)(H,15,16,17). The maximum Gasteiger partial charge on any atom is 0.339 e. The summed E-state index contributed by atoms with van der Waals surface area (Å²) in [4.78, 5) is 27.1. The summed E-state index contributed by atoms with van der Waals surface area (Å²) in [7, 11) is 0. The summed E-state index contributed by atoms with van der Waals surface area (Å²) in [6.07, 6.45) is 7.71. The van der Waals surface area contributed by atoms with E-state index in [1.807, 2.05) is 0 Å². The second-order valence-electron chi connectivity index (χ2n) is 4.88. The number of hydrogen-bond donors (Lipinski definition) is 2. The van der Waals surface area contributed by atoms with Crippen molar-refractivity contribution >= 4 is 17.7 Å². The molecule has 1 aromatic rings. The predicted octanol–water partition coefficient (Wildman–Crippen LogP) is 2.69. The van der Waals surface area contributed by atoms with E-state index in [1.54, 1.807) is 6.07 Å². The van der Waals surface area contributed by atoms with Crippen LogP contribution < -0.4 is 5.32 Å². The third-order valence-electron chi connectivity index (χ3n) is 3.51. The van der Waals surface area contributed by atoms with Crippen molar-refractivity contribution in [2.45, 2.75) is 38.5 Å². The van der Waals surface area contributed by atoms with Gasteiger partial charge in [-0.1, -0.05) is 25.7 Å². The minimum absolute atomic E-state index is 0.0221. The van der Waals surface area contributed by atoms with E-state index in [4.69, 9.17) is 5.11 Å². The topological polar surface area (TPSA) is 79.3 Å². The maximum absolute atomic E-state index is 12.2. The van der Waals surface area contributed by atoms with Crippen molar-refractivity contribution < 1.29 is 14.7 Å². The average molecular weight is 262 g/mol. The highest BCUT2D eigenvalue weighted by atomic mass is 16.4. The Balaban J connectivity index is 2.07. The van der Waals surface area contributed by atoms with Crippen molar-refractivity contribution in [3.63, 3.8) is 0 Å². The molecule has 5 nitrogen and oxygen atoms in total. The summed E-state index contributed by atoms with van der Waals surface area (Å²) in [6.45, 7) is 0. The van der Waals surface area contributed by atoms with E-state index in [9.17, 15) is 9.59 Å². The lowest BCUT2D eigenvalue weighted by Gasteiger charge is -2.14. The van der Waals surface area contributed by atoms with E-state index in [0.29, 0.717) is 0 Å². The molecule has 2 rings (SSSR count). The molecular weight excluding hydrogens is 244 g/mol. The van der Waals surface area contributed by atoms with Gasteiger partial charge in [-0.15, -0.1) is 0 Å². The Hall–Kier alpha value is -1.91. The largest absolute Gasteiger partial charge is 0.478 e. The molecule has 102 valence electrons. The van der Waals surface area contributed by atoms with Gasteiger partial charge in [0.2, 0.25) is 5.91 Å². The maximum atomic E-state index is 12.2. The molecule has 0 spiro atoms. The van der Waals surface area contributed by atoms with E-state index in [0.717, 1.165) is 25.7 Å². The van der Waals surface area contributed by atoms with Crippen LogP contribution in [0.2, 0.25) is 0 Å². The van der Waals surface area contributed by atoms with Gasteiger partial charge >= 0.3 is 5.97 Å². The molecule has 2 N–H and O–H groups in total.